The van der Waals surface area contributed by atoms with Gasteiger partial charge in [-0.2, -0.15) is 5.26 Å². The fourth-order valence-electron chi connectivity index (χ4n) is 1.80. The maximum Gasteiger partial charge on any atom is 0.101 e. The molecule has 4 nitrogen and oxygen atoms in total. The van der Waals surface area contributed by atoms with Gasteiger partial charge in [-0.25, -0.2) is 0 Å². The molecule has 1 aliphatic rings. The van der Waals surface area contributed by atoms with E-state index in [9.17, 15) is 5.11 Å². The summed E-state index contributed by atoms with van der Waals surface area (Å²) in [6.45, 7) is 0.104. The molecule has 1 heterocycles. The van der Waals surface area contributed by atoms with Gasteiger partial charge in [-0.15, -0.1) is 0 Å². The maximum absolute atomic E-state index is 9.30. The predicted molar refractivity (Wildman–Crippen MR) is 56.2 cm³/mol. The van der Waals surface area contributed by atoms with E-state index in [1.54, 1.807) is 18.5 Å². The molecule has 2 rings (SSSR count). The van der Waals surface area contributed by atoms with Crippen LogP contribution in [0.25, 0.3) is 0 Å². The van der Waals surface area contributed by atoms with Crippen molar-refractivity contribution < 1.29 is 5.11 Å². The number of hydrogen-bond donors (Lipinski definition) is 2. The van der Waals surface area contributed by atoms with Gasteiger partial charge in [0.15, 0.2) is 0 Å². The van der Waals surface area contributed by atoms with Gasteiger partial charge in [-0.3, -0.25) is 4.98 Å². The van der Waals surface area contributed by atoms with Crippen molar-refractivity contribution in [1.29, 1.82) is 5.26 Å². The number of rotatable bonds is 3. The first kappa shape index (κ1) is 9.94. The third kappa shape index (κ3) is 1.79. The molecule has 15 heavy (non-hydrogen) atoms. The SMILES string of the molecule is N#Cc1ccncc1NC1(CO)CCC1. The molecule has 0 aliphatic heterocycles. The van der Waals surface area contributed by atoms with Crippen molar-refractivity contribution in [2.75, 3.05) is 11.9 Å². The zero-order chi connectivity index (χ0) is 10.7. The summed E-state index contributed by atoms with van der Waals surface area (Å²) >= 11 is 0. The Morgan fingerprint density at radius 2 is 2.40 bits per heavy atom. The molecule has 1 aliphatic carbocycles. The van der Waals surface area contributed by atoms with E-state index in [1.165, 1.54) is 0 Å². The smallest absolute Gasteiger partial charge is 0.101 e. The monoisotopic (exact) mass is 203 g/mol. The fourth-order valence-corrected chi connectivity index (χ4v) is 1.80. The van der Waals surface area contributed by atoms with E-state index in [2.05, 4.69) is 16.4 Å². The minimum absolute atomic E-state index is 0.104. The second-order valence-corrected chi connectivity index (χ2v) is 3.95. The molecule has 0 aromatic carbocycles. The molecular weight excluding hydrogens is 190 g/mol. The number of aliphatic hydroxyl groups excluding tert-OH is 1. The zero-order valence-corrected chi connectivity index (χ0v) is 8.40. The molecule has 0 atom stereocenters. The van der Waals surface area contributed by atoms with Gasteiger partial charge >= 0.3 is 0 Å². The van der Waals surface area contributed by atoms with Crippen molar-refractivity contribution >= 4 is 5.69 Å². The Morgan fingerprint density at radius 1 is 1.60 bits per heavy atom. The topological polar surface area (TPSA) is 68.9 Å². The lowest BCUT2D eigenvalue weighted by Crippen LogP contribution is -2.48. The molecule has 2 N–H and O–H groups in total. The molecular formula is C11H13N3O. The molecule has 0 amide bonds. The molecule has 1 fully saturated rings. The van der Waals surface area contributed by atoms with E-state index in [-0.39, 0.29) is 12.1 Å². The summed E-state index contributed by atoms with van der Waals surface area (Å²) in [7, 11) is 0. The van der Waals surface area contributed by atoms with E-state index in [0.717, 1.165) is 19.3 Å². The number of nitrogens with one attached hydrogen (secondary N) is 1. The molecule has 0 spiro atoms. The number of aromatic nitrogens is 1. The highest BCUT2D eigenvalue weighted by atomic mass is 16.3. The summed E-state index contributed by atoms with van der Waals surface area (Å²) in [6, 6.07) is 3.78. The van der Waals surface area contributed by atoms with E-state index in [4.69, 9.17) is 5.26 Å². The molecule has 1 aromatic rings. The van der Waals surface area contributed by atoms with Crippen LogP contribution in [-0.4, -0.2) is 22.2 Å². The van der Waals surface area contributed by atoms with Gasteiger partial charge in [0.2, 0.25) is 0 Å². The lowest BCUT2D eigenvalue weighted by Gasteiger charge is -2.41. The summed E-state index contributed by atoms with van der Waals surface area (Å²) < 4.78 is 0. The lowest BCUT2D eigenvalue weighted by atomic mass is 9.77. The summed E-state index contributed by atoms with van der Waals surface area (Å²) in [4.78, 5) is 3.97. The van der Waals surface area contributed by atoms with Crippen molar-refractivity contribution in [2.24, 2.45) is 0 Å². The Labute approximate surface area is 88.6 Å². The average molecular weight is 203 g/mol. The molecule has 1 saturated carbocycles. The molecule has 0 unspecified atom stereocenters. The molecule has 0 bridgehead atoms. The molecule has 0 radical (unpaired) electrons. The van der Waals surface area contributed by atoms with Crippen LogP contribution in [0.4, 0.5) is 5.69 Å². The highest BCUT2D eigenvalue weighted by Gasteiger charge is 2.36. The molecule has 0 saturated heterocycles. The van der Waals surface area contributed by atoms with Gasteiger partial charge in [0.1, 0.15) is 6.07 Å². The van der Waals surface area contributed by atoms with Gasteiger partial charge in [-0.1, -0.05) is 0 Å². The average Bonchev–Trinajstić information content (AvgIpc) is 2.24. The van der Waals surface area contributed by atoms with E-state index in [1.807, 2.05) is 0 Å². The van der Waals surface area contributed by atoms with Gasteiger partial charge in [0.25, 0.3) is 0 Å². The van der Waals surface area contributed by atoms with Crippen LogP contribution in [0.5, 0.6) is 0 Å². The van der Waals surface area contributed by atoms with Crippen LogP contribution in [0.15, 0.2) is 18.5 Å². The van der Waals surface area contributed by atoms with Crippen LogP contribution in [0.3, 0.4) is 0 Å². The van der Waals surface area contributed by atoms with Gasteiger partial charge < -0.3 is 10.4 Å². The Morgan fingerprint density at radius 3 is 2.93 bits per heavy atom. The largest absolute Gasteiger partial charge is 0.394 e. The number of nitriles is 1. The third-order valence-electron chi connectivity index (χ3n) is 2.95. The summed E-state index contributed by atoms with van der Waals surface area (Å²) in [6.07, 6.45) is 6.24. The minimum Gasteiger partial charge on any atom is -0.394 e. The number of pyridine rings is 1. The first-order chi connectivity index (χ1) is 7.29. The van der Waals surface area contributed by atoms with Crippen molar-refractivity contribution in [3.63, 3.8) is 0 Å². The Hall–Kier alpha value is -1.60. The van der Waals surface area contributed by atoms with Crippen LogP contribution >= 0.6 is 0 Å². The van der Waals surface area contributed by atoms with Gasteiger partial charge in [-0.05, 0) is 25.3 Å². The summed E-state index contributed by atoms with van der Waals surface area (Å²) in [5.41, 5.74) is 1.06. The molecule has 1 aromatic heterocycles. The standard InChI is InChI=1S/C11H13N3O/c12-6-9-2-5-13-7-10(9)14-11(8-15)3-1-4-11/h2,5,7,14-15H,1,3-4,8H2. The summed E-state index contributed by atoms with van der Waals surface area (Å²) in [5.74, 6) is 0. The highest BCUT2D eigenvalue weighted by Crippen LogP contribution is 2.35. The van der Waals surface area contributed by atoms with Crippen LogP contribution in [0.2, 0.25) is 0 Å². The first-order valence-electron chi connectivity index (χ1n) is 5.03. The van der Waals surface area contributed by atoms with Crippen molar-refractivity contribution in [3.8, 4) is 6.07 Å². The second-order valence-electron chi connectivity index (χ2n) is 3.95. The van der Waals surface area contributed by atoms with Crippen LogP contribution < -0.4 is 5.32 Å². The maximum atomic E-state index is 9.30. The minimum atomic E-state index is -0.228. The number of nitrogens with zero attached hydrogens (tertiary/aromatic N) is 2. The summed E-state index contributed by atoms with van der Waals surface area (Å²) in [5, 5.41) is 21.4. The van der Waals surface area contributed by atoms with E-state index in [0.29, 0.717) is 11.3 Å². The second kappa shape index (κ2) is 3.87. The van der Waals surface area contributed by atoms with Crippen LogP contribution in [-0.2, 0) is 0 Å². The van der Waals surface area contributed by atoms with Crippen molar-refractivity contribution in [1.82, 2.24) is 4.98 Å². The Bertz CT molecular complexity index is 388. The predicted octanol–water partition coefficient (Wildman–Crippen LogP) is 1.28. The van der Waals surface area contributed by atoms with E-state index >= 15 is 0 Å². The van der Waals surface area contributed by atoms with Crippen molar-refractivity contribution in [3.05, 3.63) is 24.0 Å². The van der Waals surface area contributed by atoms with Crippen molar-refractivity contribution in [2.45, 2.75) is 24.8 Å². The lowest BCUT2D eigenvalue weighted by molar-refractivity contribution is 0.144. The molecule has 78 valence electrons. The van der Waals surface area contributed by atoms with Gasteiger partial charge in [0, 0.05) is 6.20 Å². The number of anilines is 1. The number of hydrogen-bond acceptors (Lipinski definition) is 4. The number of aliphatic hydroxyl groups is 1. The third-order valence-corrected chi connectivity index (χ3v) is 2.95. The quantitative estimate of drug-likeness (QED) is 0.776. The highest BCUT2D eigenvalue weighted by molar-refractivity contribution is 5.57. The van der Waals surface area contributed by atoms with Gasteiger partial charge in [0.05, 0.1) is 29.6 Å². The zero-order valence-electron chi connectivity index (χ0n) is 8.40. The first-order valence-corrected chi connectivity index (χ1v) is 5.03. The Balaban J connectivity index is 2.20. The van der Waals surface area contributed by atoms with Crippen LogP contribution in [0, 0.1) is 11.3 Å². The van der Waals surface area contributed by atoms with Crippen LogP contribution in [0.1, 0.15) is 24.8 Å². The normalized spacial score (nSPS) is 17.6. The fraction of sp³-hybridized carbons (Fsp3) is 0.455. The van der Waals surface area contributed by atoms with E-state index < -0.39 is 0 Å². The molecule has 4 heteroatoms. The Kier molecular flexibility index (Phi) is 2.57.